The molecule has 1 aromatic heterocycles. The molecule has 0 aliphatic heterocycles. The lowest BCUT2D eigenvalue weighted by atomic mass is 10.1. The quantitative estimate of drug-likeness (QED) is 0.595. The number of hydrogen-bond donors (Lipinski definition) is 2. The standard InChI is InChI=1S/C14H19N3S/c15-13-5-3-12(4-6-13)2-1-8-16-9-7-14-17-10-11-18-14/h3-6,10-11,16H,1-2,7-9,15H2. The van der Waals surface area contributed by atoms with Crippen molar-refractivity contribution >= 4 is 17.0 Å². The minimum absolute atomic E-state index is 0.834. The summed E-state index contributed by atoms with van der Waals surface area (Å²) < 4.78 is 0. The summed E-state index contributed by atoms with van der Waals surface area (Å²) in [4.78, 5) is 4.26. The molecule has 2 rings (SSSR count). The van der Waals surface area contributed by atoms with Crippen molar-refractivity contribution in [2.24, 2.45) is 0 Å². The van der Waals surface area contributed by atoms with E-state index in [1.807, 2.05) is 23.7 Å². The number of benzene rings is 1. The molecule has 96 valence electrons. The van der Waals surface area contributed by atoms with Crippen molar-refractivity contribution in [3.05, 3.63) is 46.4 Å². The maximum absolute atomic E-state index is 5.65. The molecule has 4 heteroatoms. The van der Waals surface area contributed by atoms with Gasteiger partial charge in [-0.15, -0.1) is 11.3 Å². The third-order valence-electron chi connectivity index (χ3n) is 2.80. The van der Waals surface area contributed by atoms with Gasteiger partial charge in [0.15, 0.2) is 0 Å². The normalized spacial score (nSPS) is 10.7. The molecule has 2 aromatic rings. The van der Waals surface area contributed by atoms with Gasteiger partial charge in [0.2, 0.25) is 0 Å². The van der Waals surface area contributed by atoms with Crippen molar-refractivity contribution in [1.82, 2.24) is 10.3 Å². The van der Waals surface area contributed by atoms with Crippen LogP contribution in [0.4, 0.5) is 5.69 Å². The summed E-state index contributed by atoms with van der Waals surface area (Å²) in [6, 6.07) is 8.13. The van der Waals surface area contributed by atoms with Gasteiger partial charge >= 0.3 is 0 Å². The van der Waals surface area contributed by atoms with Gasteiger partial charge < -0.3 is 11.1 Å². The number of thiazole rings is 1. The molecule has 0 spiro atoms. The monoisotopic (exact) mass is 261 g/mol. The molecule has 0 aliphatic carbocycles. The maximum Gasteiger partial charge on any atom is 0.0937 e. The number of aryl methyl sites for hydroxylation is 1. The smallest absolute Gasteiger partial charge is 0.0937 e. The van der Waals surface area contributed by atoms with Crippen LogP contribution in [0.2, 0.25) is 0 Å². The Morgan fingerprint density at radius 1 is 1.11 bits per heavy atom. The second kappa shape index (κ2) is 7.13. The average Bonchev–Trinajstić information content (AvgIpc) is 2.89. The molecule has 1 heterocycles. The fourth-order valence-corrected chi connectivity index (χ4v) is 2.42. The zero-order valence-electron chi connectivity index (χ0n) is 10.4. The Hall–Kier alpha value is -1.39. The van der Waals surface area contributed by atoms with E-state index < -0.39 is 0 Å². The Bertz CT molecular complexity index is 437. The molecule has 0 saturated carbocycles. The topological polar surface area (TPSA) is 50.9 Å². The van der Waals surface area contributed by atoms with Crippen molar-refractivity contribution in [2.75, 3.05) is 18.8 Å². The summed E-state index contributed by atoms with van der Waals surface area (Å²) in [5.41, 5.74) is 7.84. The fraction of sp³-hybridized carbons (Fsp3) is 0.357. The van der Waals surface area contributed by atoms with Crippen LogP contribution in [0.3, 0.4) is 0 Å². The third-order valence-corrected chi connectivity index (χ3v) is 3.64. The molecule has 0 unspecified atom stereocenters. The molecular weight excluding hydrogens is 242 g/mol. The van der Waals surface area contributed by atoms with Crippen LogP contribution >= 0.6 is 11.3 Å². The van der Waals surface area contributed by atoms with E-state index in [2.05, 4.69) is 22.4 Å². The van der Waals surface area contributed by atoms with E-state index in [1.54, 1.807) is 11.3 Å². The summed E-state index contributed by atoms with van der Waals surface area (Å²) in [6.07, 6.45) is 5.15. The Morgan fingerprint density at radius 2 is 1.94 bits per heavy atom. The Balaban J connectivity index is 1.55. The first-order chi connectivity index (χ1) is 8.84. The van der Waals surface area contributed by atoms with Crippen LogP contribution in [0, 0.1) is 0 Å². The number of aromatic nitrogens is 1. The molecule has 0 saturated heterocycles. The lowest BCUT2D eigenvalue weighted by Crippen LogP contribution is -2.18. The minimum Gasteiger partial charge on any atom is -0.399 e. The van der Waals surface area contributed by atoms with E-state index in [4.69, 9.17) is 5.73 Å². The van der Waals surface area contributed by atoms with Crippen LogP contribution in [0.15, 0.2) is 35.8 Å². The lowest BCUT2D eigenvalue weighted by molar-refractivity contribution is 0.646. The molecule has 3 nitrogen and oxygen atoms in total. The molecule has 1 aromatic carbocycles. The minimum atomic E-state index is 0.834. The van der Waals surface area contributed by atoms with Crippen molar-refractivity contribution < 1.29 is 0 Å². The van der Waals surface area contributed by atoms with Crippen molar-refractivity contribution in [3.63, 3.8) is 0 Å². The number of anilines is 1. The van der Waals surface area contributed by atoms with E-state index in [9.17, 15) is 0 Å². The van der Waals surface area contributed by atoms with Crippen molar-refractivity contribution in [3.8, 4) is 0 Å². The van der Waals surface area contributed by atoms with Gasteiger partial charge in [-0.25, -0.2) is 4.98 Å². The second-order valence-corrected chi connectivity index (χ2v) is 5.25. The number of rotatable bonds is 7. The Labute approximate surface area is 112 Å². The van der Waals surface area contributed by atoms with Crippen molar-refractivity contribution in [2.45, 2.75) is 19.3 Å². The maximum atomic E-state index is 5.65. The highest BCUT2D eigenvalue weighted by molar-refractivity contribution is 7.09. The number of nitrogens with zero attached hydrogens (tertiary/aromatic N) is 1. The molecule has 0 aliphatic rings. The van der Waals surface area contributed by atoms with E-state index in [1.165, 1.54) is 10.6 Å². The zero-order valence-corrected chi connectivity index (χ0v) is 11.2. The van der Waals surface area contributed by atoms with E-state index in [-0.39, 0.29) is 0 Å². The second-order valence-electron chi connectivity index (χ2n) is 4.27. The molecule has 0 amide bonds. The average molecular weight is 261 g/mol. The van der Waals surface area contributed by atoms with Gasteiger partial charge in [-0.2, -0.15) is 0 Å². The Kier molecular flexibility index (Phi) is 5.17. The Morgan fingerprint density at radius 3 is 2.67 bits per heavy atom. The lowest BCUT2D eigenvalue weighted by Gasteiger charge is -2.04. The van der Waals surface area contributed by atoms with Gasteiger partial charge in [0.1, 0.15) is 0 Å². The van der Waals surface area contributed by atoms with Gasteiger partial charge in [0.25, 0.3) is 0 Å². The van der Waals surface area contributed by atoms with Crippen LogP contribution in [0.25, 0.3) is 0 Å². The highest BCUT2D eigenvalue weighted by Crippen LogP contribution is 2.07. The third kappa shape index (κ3) is 4.47. The van der Waals surface area contributed by atoms with Gasteiger partial charge in [-0.05, 0) is 37.1 Å². The van der Waals surface area contributed by atoms with Gasteiger partial charge in [-0.1, -0.05) is 12.1 Å². The molecule has 18 heavy (non-hydrogen) atoms. The SMILES string of the molecule is Nc1ccc(CCCNCCc2nccs2)cc1. The van der Waals surface area contributed by atoms with Gasteiger partial charge in [-0.3, -0.25) is 0 Å². The predicted molar refractivity (Wildman–Crippen MR) is 77.9 cm³/mol. The van der Waals surface area contributed by atoms with Crippen LogP contribution in [0.5, 0.6) is 0 Å². The first-order valence-electron chi connectivity index (χ1n) is 6.28. The highest BCUT2D eigenvalue weighted by atomic mass is 32.1. The van der Waals surface area contributed by atoms with Crippen molar-refractivity contribution in [1.29, 1.82) is 0 Å². The summed E-state index contributed by atoms with van der Waals surface area (Å²) in [7, 11) is 0. The molecule has 0 bridgehead atoms. The largest absolute Gasteiger partial charge is 0.399 e. The van der Waals surface area contributed by atoms with Crippen LogP contribution in [-0.4, -0.2) is 18.1 Å². The summed E-state index contributed by atoms with van der Waals surface area (Å²) >= 11 is 1.72. The van der Waals surface area contributed by atoms with Gasteiger partial charge in [0, 0.05) is 30.2 Å². The fourth-order valence-electron chi connectivity index (χ4n) is 1.80. The van der Waals surface area contributed by atoms with Crippen LogP contribution in [0.1, 0.15) is 17.0 Å². The highest BCUT2D eigenvalue weighted by Gasteiger charge is 1.96. The molecule has 0 atom stereocenters. The zero-order chi connectivity index (χ0) is 12.6. The predicted octanol–water partition coefficient (Wildman–Crippen LogP) is 2.49. The molecule has 0 radical (unpaired) electrons. The summed E-state index contributed by atoms with van der Waals surface area (Å²) in [6.45, 7) is 2.06. The van der Waals surface area contributed by atoms with E-state index >= 15 is 0 Å². The molecule has 3 N–H and O–H groups in total. The summed E-state index contributed by atoms with van der Waals surface area (Å²) in [5.74, 6) is 0. The van der Waals surface area contributed by atoms with Crippen LogP contribution < -0.4 is 11.1 Å². The molecular formula is C14H19N3S. The number of nitrogen functional groups attached to an aromatic ring is 1. The first kappa shape index (κ1) is 13.1. The number of nitrogens with two attached hydrogens (primary N) is 1. The first-order valence-corrected chi connectivity index (χ1v) is 7.16. The van der Waals surface area contributed by atoms with Gasteiger partial charge in [0.05, 0.1) is 5.01 Å². The molecule has 0 fully saturated rings. The van der Waals surface area contributed by atoms with E-state index in [0.29, 0.717) is 0 Å². The van der Waals surface area contributed by atoms with E-state index in [0.717, 1.165) is 38.0 Å². The number of hydrogen-bond acceptors (Lipinski definition) is 4. The number of nitrogens with one attached hydrogen (secondary N) is 1. The van der Waals surface area contributed by atoms with Crippen LogP contribution in [-0.2, 0) is 12.8 Å². The summed E-state index contributed by atoms with van der Waals surface area (Å²) in [5, 5.41) is 6.68.